The van der Waals surface area contributed by atoms with Crippen LogP contribution in [0, 0.1) is 5.82 Å². The zero-order chi connectivity index (χ0) is 17.8. The van der Waals surface area contributed by atoms with Crippen molar-refractivity contribution in [3.8, 4) is 0 Å². The van der Waals surface area contributed by atoms with Crippen molar-refractivity contribution >= 4 is 40.1 Å². The molecule has 3 aromatic rings. The summed E-state index contributed by atoms with van der Waals surface area (Å²) in [7, 11) is 0. The van der Waals surface area contributed by atoms with E-state index >= 15 is 0 Å². The maximum Gasteiger partial charge on any atom is 0.223 e. The Morgan fingerprint density at radius 1 is 1.16 bits per heavy atom. The van der Waals surface area contributed by atoms with Gasteiger partial charge in [-0.25, -0.2) is 24.3 Å². The Bertz CT molecular complexity index is 893. The van der Waals surface area contributed by atoms with Crippen LogP contribution in [0.3, 0.4) is 0 Å². The third-order valence-electron chi connectivity index (χ3n) is 3.33. The fourth-order valence-electron chi connectivity index (χ4n) is 2.06. The molecule has 3 rings (SSSR count). The summed E-state index contributed by atoms with van der Waals surface area (Å²) < 4.78 is 13.3. The summed E-state index contributed by atoms with van der Waals surface area (Å²) in [4.78, 5) is 16.6. The summed E-state index contributed by atoms with van der Waals surface area (Å²) in [6.45, 7) is -0.551. The minimum absolute atomic E-state index is 0.0194. The molecule has 0 aliphatic carbocycles. The van der Waals surface area contributed by atoms with Gasteiger partial charge in [0.05, 0.1) is 30.5 Å². The zero-order valence-corrected chi connectivity index (χ0v) is 13.6. The number of fused-ring (bicyclic) bond motifs is 1. The van der Waals surface area contributed by atoms with Gasteiger partial charge >= 0.3 is 0 Å². The molecule has 1 aromatic carbocycles. The van der Waals surface area contributed by atoms with Crippen LogP contribution in [0.4, 0.5) is 21.8 Å². The number of aromatic nitrogens is 4. The van der Waals surface area contributed by atoms with Gasteiger partial charge in [-0.1, -0.05) is 11.6 Å². The molecule has 4 N–H and O–H groups in total. The van der Waals surface area contributed by atoms with Crippen molar-refractivity contribution in [1.82, 2.24) is 19.9 Å². The lowest BCUT2D eigenvalue weighted by molar-refractivity contribution is 0.203. The number of nitrogens with zero attached hydrogens (tertiary/aromatic N) is 4. The maximum atomic E-state index is 13.3. The van der Waals surface area contributed by atoms with Gasteiger partial charge in [-0.2, -0.15) is 0 Å². The van der Waals surface area contributed by atoms with E-state index in [1.165, 1.54) is 30.7 Å². The van der Waals surface area contributed by atoms with E-state index in [2.05, 4.69) is 30.6 Å². The standard InChI is InChI=1S/C15H14ClFN6O2/c16-10-3-8(1-2-11(10)17)21-14-13-12(19-7-20-14)4-18-15(23-13)22-9(5-24)6-25/h1-4,7,9,24-25H,5-6H2,(H,18,22,23)(H,19,20,21). The van der Waals surface area contributed by atoms with Gasteiger partial charge in [0.15, 0.2) is 5.82 Å². The molecule has 25 heavy (non-hydrogen) atoms. The van der Waals surface area contributed by atoms with Gasteiger partial charge in [0, 0.05) is 5.69 Å². The number of nitrogens with one attached hydrogen (secondary N) is 2. The molecule has 0 atom stereocenters. The van der Waals surface area contributed by atoms with Crippen molar-refractivity contribution in [3.05, 3.63) is 41.6 Å². The smallest absolute Gasteiger partial charge is 0.223 e. The first-order valence-corrected chi connectivity index (χ1v) is 7.66. The zero-order valence-electron chi connectivity index (χ0n) is 12.8. The van der Waals surface area contributed by atoms with E-state index in [1.807, 2.05) is 0 Å². The van der Waals surface area contributed by atoms with Crippen molar-refractivity contribution in [1.29, 1.82) is 0 Å². The van der Waals surface area contributed by atoms with Crippen molar-refractivity contribution < 1.29 is 14.6 Å². The normalized spacial score (nSPS) is 11.1. The van der Waals surface area contributed by atoms with Crippen LogP contribution in [0.15, 0.2) is 30.7 Å². The maximum absolute atomic E-state index is 13.3. The highest BCUT2D eigenvalue weighted by molar-refractivity contribution is 6.31. The Kier molecular flexibility index (Phi) is 5.17. The van der Waals surface area contributed by atoms with Crippen molar-refractivity contribution in [2.24, 2.45) is 0 Å². The summed E-state index contributed by atoms with van der Waals surface area (Å²) in [6, 6.07) is 3.60. The lowest BCUT2D eigenvalue weighted by Gasteiger charge is -2.14. The monoisotopic (exact) mass is 364 g/mol. The molecule has 10 heteroatoms. The molecule has 0 aliphatic rings. The first-order chi connectivity index (χ1) is 12.1. The molecule has 0 fully saturated rings. The predicted molar refractivity (Wildman–Crippen MR) is 91.4 cm³/mol. The largest absolute Gasteiger partial charge is 0.394 e. The van der Waals surface area contributed by atoms with E-state index in [9.17, 15) is 4.39 Å². The molecular formula is C15H14ClFN6O2. The number of halogens is 2. The average Bonchev–Trinajstić information content (AvgIpc) is 2.63. The topological polar surface area (TPSA) is 116 Å². The molecule has 0 spiro atoms. The summed E-state index contributed by atoms with van der Waals surface area (Å²) >= 11 is 5.78. The Morgan fingerprint density at radius 2 is 1.96 bits per heavy atom. The van der Waals surface area contributed by atoms with Crippen LogP contribution in [0.25, 0.3) is 11.0 Å². The minimum atomic E-state index is -0.589. The van der Waals surface area contributed by atoms with Crippen molar-refractivity contribution in [2.75, 3.05) is 23.8 Å². The number of rotatable bonds is 6. The minimum Gasteiger partial charge on any atom is -0.394 e. The Balaban J connectivity index is 1.95. The van der Waals surface area contributed by atoms with E-state index in [-0.39, 0.29) is 24.2 Å². The number of hydrogen-bond acceptors (Lipinski definition) is 8. The second-order valence-corrected chi connectivity index (χ2v) is 5.52. The second kappa shape index (κ2) is 7.51. The van der Waals surface area contributed by atoms with Crippen LogP contribution >= 0.6 is 11.6 Å². The third kappa shape index (κ3) is 3.90. The summed E-state index contributed by atoms with van der Waals surface area (Å²) in [5, 5.41) is 24.1. The van der Waals surface area contributed by atoms with Gasteiger partial charge in [0.1, 0.15) is 23.2 Å². The van der Waals surface area contributed by atoms with Crippen LogP contribution in [0.2, 0.25) is 5.02 Å². The number of hydrogen-bond donors (Lipinski definition) is 4. The molecule has 130 valence electrons. The SMILES string of the molecule is OCC(CO)Nc1ncc2ncnc(Nc3ccc(F)c(Cl)c3)c2n1. The van der Waals surface area contributed by atoms with Gasteiger partial charge in [-0.05, 0) is 18.2 Å². The number of aliphatic hydroxyl groups is 2. The van der Waals surface area contributed by atoms with Crippen molar-refractivity contribution in [3.63, 3.8) is 0 Å². The number of anilines is 3. The fourth-order valence-corrected chi connectivity index (χ4v) is 2.24. The Labute approximate surface area is 146 Å². The highest BCUT2D eigenvalue weighted by Gasteiger charge is 2.12. The number of aliphatic hydroxyl groups excluding tert-OH is 2. The van der Waals surface area contributed by atoms with Gasteiger partial charge in [-0.15, -0.1) is 0 Å². The molecular weight excluding hydrogens is 351 g/mol. The summed E-state index contributed by atoms with van der Waals surface area (Å²) in [6.07, 6.45) is 2.83. The molecule has 0 aliphatic heterocycles. The van der Waals surface area contributed by atoms with Gasteiger partial charge in [0.2, 0.25) is 5.95 Å². The molecule has 0 saturated carbocycles. The lowest BCUT2D eigenvalue weighted by atomic mass is 10.3. The van der Waals surface area contributed by atoms with Crippen LogP contribution in [0.1, 0.15) is 0 Å². The molecule has 0 saturated heterocycles. The number of benzene rings is 1. The average molecular weight is 365 g/mol. The molecule has 8 nitrogen and oxygen atoms in total. The van der Waals surface area contributed by atoms with E-state index < -0.39 is 11.9 Å². The molecule has 0 radical (unpaired) electrons. The quantitative estimate of drug-likeness (QED) is 0.522. The highest BCUT2D eigenvalue weighted by atomic mass is 35.5. The van der Waals surface area contributed by atoms with Crippen LogP contribution in [-0.4, -0.2) is 49.4 Å². The Morgan fingerprint density at radius 3 is 2.68 bits per heavy atom. The van der Waals surface area contributed by atoms with E-state index in [1.54, 1.807) is 0 Å². The molecule has 0 amide bonds. The van der Waals surface area contributed by atoms with Gasteiger partial charge in [-0.3, -0.25) is 0 Å². The lowest BCUT2D eigenvalue weighted by Crippen LogP contribution is -2.28. The van der Waals surface area contributed by atoms with Crippen LogP contribution in [0.5, 0.6) is 0 Å². The molecule has 2 heterocycles. The summed E-state index contributed by atoms with van der Waals surface area (Å²) in [5.74, 6) is 0.0610. The van der Waals surface area contributed by atoms with Crippen molar-refractivity contribution in [2.45, 2.75) is 6.04 Å². The summed E-state index contributed by atoms with van der Waals surface area (Å²) in [5.41, 5.74) is 1.43. The highest BCUT2D eigenvalue weighted by Crippen LogP contribution is 2.25. The Hall–Kier alpha value is -2.62. The predicted octanol–water partition coefficient (Wildman–Crippen LogP) is 1.72. The second-order valence-electron chi connectivity index (χ2n) is 5.11. The first-order valence-electron chi connectivity index (χ1n) is 7.28. The molecule has 0 unspecified atom stereocenters. The van der Waals surface area contributed by atoms with Gasteiger partial charge in [0.25, 0.3) is 0 Å². The first kappa shape index (κ1) is 17.2. The van der Waals surface area contributed by atoms with Crippen LogP contribution in [-0.2, 0) is 0 Å². The molecule has 0 bridgehead atoms. The van der Waals surface area contributed by atoms with Gasteiger partial charge < -0.3 is 20.8 Å². The van der Waals surface area contributed by atoms with E-state index in [0.717, 1.165) is 0 Å². The fraction of sp³-hybridized carbons (Fsp3) is 0.200. The molecule has 2 aromatic heterocycles. The van der Waals surface area contributed by atoms with E-state index in [4.69, 9.17) is 21.8 Å². The van der Waals surface area contributed by atoms with E-state index in [0.29, 0.717) is 22.5 Å². The van der Waals surface area contributed by atoms with Crippen LogP contribution < -0.4 is 10.6 Å². The third-order valence-corrected chi connectivity index (χ3v) is 3.62.